The molecule has 2 bridgehead atoms. The third-order valence-corrected chi connectivity index (χ3v) is 4.75. The van der Waals surface area contributed by atoms with E-state index in [1.807, 2.05) is 12.3 Å². The summed E-state index contributed by atoms with van der Waals surface area (Å²) in [5.41, 5.74) is 0. The van der Waals surface area contributed by atoms with Gasteiger partial charge in [0.05, 0.1) is 0 Å². The maximum absolute atomic E-state index is 12.0. The first kappa shape index (κ1) is 12.7. The lowest BCUT2D eigenvalue weighted by Gasteiger charge is -2.30. The van der Waals surface area contributed by atoms with Crippen LogP contribution in [0.1, 0.15) is 25.7 Å². The van der Waals surface area contributed by atoms with Crippen LogP contribution >= 0.6 is 0 Å². The minimum Gasteiger partial charge on any atom is -0.396 e. The molecule has 2 fully saturated rings. The summed E-state index contributed by atoms with van der Waals surface area (Å²) in [6.45, 7) is 0.814. The molecule has 2 N–H and O–H groups in total. The number of aliphatic hydroxyl groups excluding tert-OH is 1. The van der Waals surface area contributed by atoms with Gasteiger partial charge in [0.1, 0.15) is 0 Å². The van der Waals surface area contributed by atoms with E-state index in [4.69, 9.17) is 0 Å². The lowest BCUT2D eigenvalue weighted by molar-refractivity contribution is -0.122. The normalized spacial score (nSPS) is 32.7. The van der Waals surface area contributed by atoms with Crippen molar-refractivity contribution in [2.45, 2.75) is 38.3 Å². The molecule has 4 unspecified atom stereocenters. The van der Waals surface area contributed by atoms with Crippen LogP contribution in [0.5, 0.6) is 0 Å². The number of nitrogens with one attached hydrogen (secondary N) is 1. The van der Waals surface area contributed by atoms with Gasteiger partial charge in [-0.15, -0.1) is 0 Å². The maximum Gasteiger partial charge on any atom is 0.222 e. The topological polar surface area (TPSA) is 67.2 Å². The fourth-order valence-electron chi connectivity index (χ4n) is 3.80. The van der Waals surface area contributed by atoms with Gasteiger partial charge in [-0.3, -0.25) is 9.48 Å². The highest BCUT2D eigenvalue weighted by atomic mass is 16.3. The summed E-state index contributed by atoms with van der Waals surface area (Å²) in [5, 5.41) is 16.7. The van der Waals surface area contributed by atoms with Crippen LogP contribution in [-0.2, 0) is 11.3 Å². The molecule has 0 spiro atoms. The molecule has 1 aromatic rings. The molecule has 5 heteroatoms. The Kier molecular flexibility index (Phi) is 3.55. The summed E-state index contributed by atoms with van der Waals surface area (Å²) in [5.74, 6) is 1.54. The summed E-state index contributed by atoms with van der Waals surface area (Å²) in [4.78, 5) is 12.0. The van der Waals surface area contributed by atoms with Crippen LogP contribution in [0.4, 0.5) is 0 Å². The smallest absolute Gasteiger partial charge is 0.222 e. The van der Waals surface area contributed by atoms with E-state index in [9.17, 15) is 9.90 Å². The van der Waals surface area contributed by atoms with Crippen LogP contribution in [0, 0.1) is 17.8 Å². The quantitative estimate of drug-likeness (QED) is 0.825. The first-order chi connectivity index (χ1) is 9.28. The van der Waals surface area contributed by atoms with Crippen molar-refractivity contribution in [3.8, 4) is 0 Å². The Hall–Kier alpha value is -1.36. The van der Waals surface area contributed by atoms with Crippen LogP contribution in [0.25, 0.3) is 0 Å². The van der Waals surface area contributed by atoms with E-state index in [1.54, 1.807) is 10.9 Å². The summed E-state index contributed by atoms with van der Waals surface area (Å²) >= 11 is 0. The number of fused-ring (bicyclic) bond motifs is 2. The molecule has 19 heavy (non-hydrogen) atoms. The fraction of sp³-hybridized carbons (Fsp3) is 0.714. The van der Waals surface area contributed by atoms with E-state index >= 15 is 0 Å². The molecule has 0 aliphatic heterocycles. The van der Waals surface area contributed by atoms with Gasteiger partial charge >= 0.3 is 0 Å². The van der Waals surface area contributed by atoms with Crippen molar-refractivity contribution in [2.24, 2.45) is 17.8 Å². The monoisotopic (exact) mass is 263 g/mol. The van der Waals surface area contributed by atoms with Crippen LogP contribution in [0.15, 0.2) is 18.5 Å². The number of aromatic nitrogens is 2. The minimum absolute atomic E-state index is 0.0755. The highest BCUT2D eigenvalue weighted by Crippen LogP contribution is 2.48. The second-order valence-electron chi connectivity index (χ2n) is 5.79. The number of rotatable bonds is 5. The van der Waals surface area contributed by atoms with Gasteiger partial charge in [0.25, 0.3) is 0 Å². The Morgan fingerprint density at radius 1 is 1.42 bits per heavy atom. The van der Waals surface area contributed by atoms with Crippen molar-refractivity contribution < 1.29 is 9.90 Å². The molecule has 2 aliphatic carbocycles. The summed E-state index contributed by atoms with van der Waals surface area (Å²) < 4.78 is 1.77. The zero-order chi connectivity index (χ0) is 13.2. The Morgan fingerprint density at radius 2 is 2.26 bits per heavy atom. The molecule has 104 valence electrons. The Morgan fingerprint density at radius 3 is 3.00 bits per heavy atom. The van der Waals surface area contributed by atoms with Gasteiger partial charge in [-0.2, -0.15) is 5.10 Å². The zero-order valence-electron chi connectivity index (χ0n) is 11.0. The van der Waals surface area contributed by atoms with Gasteiger partial charge in [-0.05, 0) is 37.2 Å². The molecular formula is C14H21N3O2. The van der Waals surface area contributed by atoms with Crippen molar-refractivity contribution >= 4 is 5.91 Å². The van der Waals surface area contributed by atoms with Crippen molar-refractivity contribution in [1.29, 1.82) is 0 Å². The number of hydrogen-bond acceptors (Lipinski definition) is 3. The SMILES string of the molecule is O=C(CCn1cccn1)NC1C2CCC(C2)C1CO. The number of aryl methyl sites for hydroxylation is 1. The van der Waals surface area contributed by atoms with Crippen LogP contribution in [0.3, 0.4) is 0 Å². The fourth-order valence-corrected chi connectivity index (χ4v) is 3.80. The largest absolute Gasteiger partial charge is 0.396 e. The molecule has 3 rings (SSSR count). The minimum atomic E-state index is 0.0755. The number of carbonyl (C=O) groups excluding carboxylic acids is 1. The van der Waals surface area contributed by atoms with Crippen molar-refractivity contribution in [2.75, 3.05) is 6.61 Å². The second kappa shape index (κ2) is 5.33. The molecule has 5 nitrogen and oxygen atoms in total. The average Bonchev–Trinajstić information content (AvgIpc) is 3.13. The summed E-state index contributed by atoms with van der Waals surface area (Å²) in [6.07, 6.45) is 7.63. The average molecular weight is 263 g/mol. The number of amides is 1. The summed E-state index contributed by atoms with van der Waals surface area (Å²) in [6, 6.07) is 2.05. The molecule has 1 heterocycles. The third-order valence-electron chi connectivity index (χ3n) is 4.75. The first-order valence-corrected chi connectivity index (χ1v) is 7.15. The maximum atomic E-state index is 12.0. The van der Waals surface area contributed by atoms with E-state index in [-0.39, 0.29) is 24.5 Å². The lowest BCUT2D eigenvalue weighted by atomic mass is 9.85. The number of aliphatic hydroxyl groups is 1. The van der Waals surface area contributed by atoms with E-state index in [0.29, 0.717) is 24.8 Å². The van der Waals surface area contributed by atoms with E-state index < -0.39 is 0 Å². The highest BCUT2D eigenvalue weighted by Gasteiger charge is 2.47. The molecule has 1 amide bonds. The predicted octanol–water partition coefficient (Wildman–Crippen LogP) is 0.796. The standard InChI is InChI=1S/C14H21N3O2/c18-9-12-10-2-3-11(8-10)14(12)16-13(19)4-7-17-6-1-5-15-17/h1,5-6,10-12,14,18H,2-4,7-9H2,(H,16,19). The molecular weight excluding hydrogens is 242 g/mol. The van der Waals surface area contributed by atoms with Crippen molar-refractivity contribution in [3.63, 3.8) is 0 Å². The predicted molar refractivity (Wildman–Crippen MR) is 70.2 cm³/mol. The van der Waals surface area contributed by atoms with Crippen molar-refractivity contribution in [1.82, 2.24) is 15.1 Å². The molecule has 0 saturated heterocycles. The Bertz CT molecular complexity index is 432. The number of carbonyl (C=O) groups is 1. The van der Waals surface area contributed by atoms with Crippen LogP contribution < -0.4 is 5.32 Å². The number of nitrogens with zero attached hydrogens (tertiary/aromatic N) is 2. The summed E-state index contributed by atoms with van der Waals surface area (Å²) in [7, 11) is 0. The molecule has 0 radical (unpaired) electrons. The molecule has 2 aliphatic rings. The molecule has 2 saturated carbocycles. The molecule has 1 aromatic heterocycles. The van der Waals surface area contributed by atoms with Crippen molar-refractivity contribution in [3.05, 3.63) is 18.5 Å². The van der Waals surface area contributed by atoms with E-state index in [2.05, 4.69) is 10.4 Å². The lowest BCUT2D eigenvalue weighted by Crippen LogP contribution is -2.45. The van der Waals surface area contributed by atoms with Gasteiger partial charge < -0.3 is 10.4 Å². The van der Waals surface area contributed by atoms with Gasteiger partial charge in [-0.25, -0.2) is 0 Å². The number of hydrogen-bond donors (Lipinski definition) is 2. The first-order valence-electron chi connectivity index (χ1n) is 7.15. The van der Waals surface area contributed by atoms with Gasteiger partial charge in [0, 0.05) is 43.9 Å². The second-order valence-corrected chi connectivity index (χ2v) is 5.79. The van der Waals surface area contributed by atoms with Crippen LogP contribution in [0.2, 0.25) is 0 Å². The van der Waals surface area contributed by atoms with E-state index in [0.717, 1.165) is 0 Å². The third kappa shape index (κ3) is 2.52. The van der Waals surface area contributed by atoms with E-state index in [1.165, 1.54) is 19.3 Å². The molecule has 4 atom stereocenters. The highest BCUT2D eigenvalue weighted by molar-refractivity contribution is 5.76. The molecule has 0 aromatic carbocycles. The van der Waals surface area contributed by atoms with Crippen LogP contribution in [-0.4, -0.2) is 33.4 Å². The zero-order valence-corrected chi connectivity index (χ0v) is 11.0. The Balaban J connectivity index is 1.51. The van der Waals surface area contributed by atoms with Gasteiger partial charge in [-0.1, -0.05) is 0 Å². The Labute approximate surface area is 113 Å². The van der Waals surface area contributed by atoms with Gasteiger partial charge in [0.15, 0.2) is 0 Å². The van der Waals surface area contributed by atoms with Gasteiger partial charge in [0.2, 0.25) is 5.91 Å².